The van der Waals surface area contributed by atoms with E-state index in [4.69, 9.17) is 0 Å². The van der Waals surface area contributed by atoms with E-state index < -0.39 is 0 Å². The number of anilines is 1. The summed E-state index contributed by atoms with van der Waals surface area (Å²) in [6.45, 7) is 0. The Kier molecular flexibility index (Phi) is 3.88. The van der Waals surface area contributed by atoms with Gasteiger partial charge in [0.15, 0.2) is 6.20 Å². The topological polar surface area (TPSA) is 19.5 Å². The summed E-state index contributed by atoms with van der Waals surface area (Å²) in [5, 5.41) is 1.21. The smallest absolute Gasteiger partial charge is 0.212 e. The van der Waals surface area contributed by atoms with Crippen molar-refractivity contribution in [2.75, 3.05) is 19.0 Å². The molecule has 0 aliphatic heterocycles. The summed E-state index contributed by atoms with van der Waals surface area (Å²) in [7, 11) is 6.13. The van der Waals surface area contributed by atoms with Gasteiger partial charge in [-0.05, 0) is 30.3 Å². The molecule has 3 heteroatoms. The highest BCUT2D eigenvalue weighted by molar-refractivity contribution is 5.97. The maximum atomic E-state index is 4.60. The number of rotatable bonds is 3. The van der Waals surface area contributed by atoms with Gasteiger partial charge in [0.25, 0.3) is 0 Å². The first-order valence-corrected chi connectivity index (χ1v) is 7.34. The molecule has 110 valence electrons. The third-order valence-electron chi connectivity index (χ3n) is 3.79. The van der Waals surface area contributed by atoms with Gasteiger partial charge >= 0.3 is 0 Å². The Morgan fingerprint density at radius 1 is 0.955 bits per heavy atom. The molecule has 3 aromatic rings. The lowest BCUT2D eigenvalue weighted by atomic mass is 10.1. The van der Waals surface area contributed by atoms with Crippen molar-refractivity contribution in [3.8, 4) is 0 Å². The molecule has 1 aromatic heterocycles. The van der Waals surface area contributed by atoms with E-state index in [1.165, 1.54) is 16.6 Å². The Morgan fingerprint density at radius 2 is 1.68 bits per heavy atom. The van der Waals surface area contributed by atoms with Crippen molar-refractivity contribution in [1.29, 1.82) is 0 Å². The molecule has 0 atom stereocenters. The second-order valence-corrected chi connectivity index (χ2v) is 5.57. The summed E-state index contributed by atoms with van der Waals surface area (Å²) in [6, 6.07) is 18.7. The summed E-state index contributed by atoms with van der Waals surface area (Å²) in [4.78, 5) is 6.69. The third kappa shape index (κ3) is 2.84. The molecule has 0 saturated carbocycles. The lowest BCUT2D eigenvalue weighted by Gasteiger charge is -2.11. The van der Waals surface area contributed by atoms with Crippen molar-refractivity contribution >= 4 is 28.5 Å². The van der Waals surface area contributed by atoms with Crippen LogP contribution in [0, 0.1) is 0 Å². The van der Waals surface area contributed by atoms with Crippen LogP contribution in [0.3, 0.4) is 0 Å². The van der Waals surface area contributed by atoms with E-state index in [9.17, 15) is 0 Å². The van der Waals surface area contributed by atoms with Crippen LogP contribution in [0.5, 0.6) is 0 Å². The van der Waals surface area contributed by atoms with E-state index in [0.717, 1.165) is 11.3 Å². The summed E-state index contributed by atoms with van der Waals surface area (Å²) >= 11 is 0. The highest BCUT2D eigenvalue weighted by atomic mass is 15.1. The van der Waals surface area contributed by atoms with Crippen molar-refractivity contribution in [2.45, 2.75) is 0 Å². The minimum atomic E-state index is 0.961. The molecule has 1 heterocycles. The number of benzene rings is 2. The molecule has 0 aliphatic carbocycles. The number of nitrogens with zero attached hydrogens (tertiary/aromatic N) is 3. The highest BCUT2D eigenvalue weighted by Crippen LogP contribution is 2.19. The molecule has 3 nitrogen and oxygen atoms in total. The second-order valence-electron chi connectivity index (χ2n) is 5.57. The van der Waals surface area contributed by atoms with Crippen LogP contribution in [0.1, 0.15) is 5.56 Å². The number of pyridine rings is 1. The average molecular weight is 290 g/mol. The third-order valence-corrected chi connectivity index (χ3v) is 3.79. The molecule has 3 rings (SSSR count). The van der Waals surface area contributed by atoms with Gasteiger partial charge in [0.05, 0.1) is 11.1 Å². The Hall–Kier alpha value is -2.68. The van der Waals surface area contributed by atoms with Gasteiger partial charge in [-0.2, -0.15) is 0 Å². The Balaban J connectivity index is 1.94. The van der Waals surface area contributed by atoms with Gasteiger partial charge < -0.3 is 4.90 Å². The lowest BCUT2D eigenvalue weighted by Crippen LogP contribution is -2.28. The van der Waals surface area contributed by atoms with Crippen molar-refractivity contribution in [1.82, 2.24) is 0 Å². The van der Waals surface area contributed by atoms with Gasteiger partial charge in [0, 0.05) is 43.7 Å². The SMILES string of the molecule is CN(C)c1ccc(N=Cc2cc[n+](C)c3ccccc23)cc1. The van der Waals surface area contributed by atoms with E-state index in [-0.39, 0.29) is 0 Å². The van der Waals surface area contributed by atoms with Gasteiger partial charge in [-0.25, -0.2) is 4.57 Å². The summed E-state index contributed by atoms with van der Waals surface area (Å²) in [6.07, 6.45) is 4.01. The van der Waals surface area contributed by atoms with E-state index >= 15 is 0 Å². The standard InChI is InChI=1S/C19H20N3/c1-21(2)17-10-8-16(9-11-17)20-14-15-12-13-22(3)19-7-5-4-6-18(15)19/h4-14H,1-3H3/q+1. The number of fused-ring (bicyclic) bond motifs is 1. The van der Waals surface area contributed by atoms with E-state index in [2.05, 4.69) is 70.2 Å². The minimum absolute atomic E-state index is 0.961. The zero-order chi connectivity index (χ0) is 15.5. The summed E-state index contributed by atoms with van der Waals surface area (Å²) < 4.78 is 2.12. The highest BCUT2D eigenvalue weighted by Gasteiger charge is 2.06. The summed E-state index contributed by atoms with van der Waals surface area (Å²) in [5.74, 6) is 0. The van der Waals surface area contributed by atoms with Crippen LogP contribution in [0.15, 0.2) is 65.8 Å². The minimum Gasteiger partial charge on any atom is -0.378 e. The first-order valence-electron chi connectivity index (χ1n) is 7.34. The predicted molar refractivity (Wildman–Crippen MR) is 93.1 cm³/mol. The van der Waals surface area contributed by atoms with Crippen LogP contribution in [0.2, 0.25) is 0 Å². The molecular formula is C19H20N3+. The van der Waals surface area contributed by atoms with E-state index in [1.807, 2.05) is 32.4 Å². The quantitative estimate of drug-likeness (QED) is 0.534. The average Bonchev–Trinajstić information content (AvgIpc) is 2.55. The van der Waals surface area contributed by atoms with Gasteiger partial charge in [-0.15, -0.1) is 0 Å². The number of hydrogen-bond acceptors (Lipinski definition) is 2. The number of para-hydroxylation sites is 1. The van der Waals surface area contributed by atoms with Crippen molar-refractivity contribution in [2.24, 2.45) is 12.0 Å². The largest absolute Gasteiger partial charge is 0.378 e. The molecule has 0 amide bonds. The Bertz CT molecular complexity index is 818. The number of aliphatic imine (C=N–C) groups is 1. The number of aromatic nitrogens is 1. The lowest BCUT2D eigenvalue weighted by molar-refractivity contribution is -0.644. The molecule has 0 N–H and O–H groups in total. The van der Waals surface area contributed by atoms with Gasteiger partial charge in [-0.1, -0.05) is 12.1 Å². The molecule has 0 radical (unpaired) electrons. The first kappa shape index (κ1) is 14.3. The molecule has 2 aromatic carbocycles. The number of hydrogen-bond donors (Lipinski definition) is 0. The maximum Gasteiger partial charge on any atom is 0.212 e. The van der Waals surface area contributed by atoms with Crippen LogP contribution >= 0.6 is 0 Å². The molecule has 0 spiro atoms. The Morgan fingerprint density at radius 3 is 2.41 bits per heavy atom. The van der Waals surface area contributed by atoms with Crippen LogP contribution in [0.4, 0.5) is 11.4 Å². The van der Waals surface area contributed by atoms with Gasteiger partial charge in [-0.3, -0.25) is 4.99 Å². The molecule has 0 fully saturated rings. The molecule has 0 bridgehead atoms. The van der Waals surface area contributed by atoms with Crippen LogP contribution in [0.25, 0.3) is 10.9 Å². The second kappa shape index (κ2) is 5.98. The van der Waals surface area contributed by atoms with Crippen LogP contribution in [-0.2, 0) is 7.05 Å². The maximum absolute atomic E-state index is 4.60. The first-order chi connectivity index (χ1) is 10.6. The van der Waals surface area contributed by atoms with E-state index in [1.54, 1.807) is 0 Å². The van der Waals surface area contributed by atoms with Crippen molar-refractivity contribution in [3.05, 3.63) is 66.4 Å². The van der Waals surface area contributed by atoms with Crippen molar-refractivity contribution < 1.29 is 4.57 Å². The predicted octanol–water partition coefficient (Wildman–Crippen LogP) is 3.48. The molecule has 0 aliphatic rings. The zero-order valence-corrected chi connectivity index (χ0v) is 13.2. The number of aryl methyl sites for hydroxylation is 1. The van der Waals surface area contributed by atoms with Crippen molar-refractivity contribution in [3.63, 3.8) is 0 Å². The fourth-order valence-electron chi connectivity index (χ4n) is 2.48. The fourth-order valence-corrected chi connectivity index (χ4v) is 2.48. The normalized spacial score (nSPS) is 11.2. The molecule has 0 unspecified atom stereocenters. The molecule has 22 heavy (non-hydrogen) atoms. The van der Waals surface area contributed by atoms with Crippen LogP contribution < -0.4 is 9.47 Å². The monoisotopic (exact) mass is 290 g/mol. The molecule has 0 saturated heterocycles. The Labute approximate surface area is 131 Å². The van der Waals surface area contributed by atoms with Crippen LogP contribution in [-0.4, -0.2) is 20.3 Å². The zero-order valence-electron chi connectivity index (χ0n) is 13.2. The molecular weight excluding hydrogens is 270 g/mol. The van der Waals surface area contributed by atoms with Gasteiger partial charge in [0.1, 0.15) is 7.05 Å². The fraction of sp³-hybridized carbons (Fsp3) is 0.158. The van der Waals surface area contributed by atoms with E-state index in [0.29, 0.717) is 0 Å². The van der Waals surface area contributed by atoms with Gasteiger partial charge in [0.2, 0.25) is 5.52 Å². The summed E-state index contributed by atoms with van der Waals surface area (Å²) in [5.41, 5.74) is 4.47.